The Balaban J connectivity index is 1.57. The van der Waals surface area contributed by atoms with Crippen LogP contribution in [0.3, 0.4) is 0 Å². The third kappa shape index (κ3) is 5.68. The fourth-order valence-electron chi connectivity index (χ4n) is 4.01. The van der Waals surface area contributed by atoms with Gasteiger partial charge >= 0.3 is 0 Å². The minimum Gasteiger partial charge on any atom is -0.326 e. The third-order valence-corrected chi connectivity index (χ3v) is 5.98. The normalized spacial score (nSPS) is 15.4. The largest absolute Gasteiger partial charge is 0.326 e. The molecule has 0 saturated heterocycles. The van der Waals surface area contributed by atoms with Crippen molar-refractivity contribution in [2.75, 3.05) is 15.5 Å². The Morgan fingerprint density at radius 1 is 1.00 bits per heavy atom. The second kappa shape index (κ2) is 10.2. The number of carbonyl (C=O) groups excluding carboxylic acids is 3. The summed E-state index contributed by atoms with van der Waals surface area (Å²) in [5.41, 5.74) is 3.44. The molecule has 6 nitrogen and oxygen atoms in total. The zero-order chi connectivity index (χ0) is 25.9. The smallest absolute Gasteiger partial charge is 0.251 e. The summed E-state index contributed by atoms with van der Waals surface area (Å²) in [4.78, 5) is 40.4. The first-order valence-corrected chi connectivity index (χ1v) is 11.7. The van der Waals surface area contributed by atoms with Gasteiger partial charge < -0.3 is 10.6 Å². The number of hydrogen-bond acceptors (Lipinski definition) is 3. The van der Waals surface area contributed by atoms with Crippen LogP contribution in [0.1, 0.15) is 38.3 Å². The molecule has 0 radical (unpaired) electrons. The summed E-state index contributed by atoms with van der Waals surface area (Å²) in [5.74, 6) is -1.77. The van der Waals surface area contributed by atoms with Crippen LogP contribution in [0.4, 0.5) is 21.5 Å². The zero-order valence-electron chi connectivity index (χ0n) is 20.4. The van der Waals surface area contributed by atoms with E-state index in [4.69, 9.17) is 0 Å². The first-order chi connectivity index (χ1) is 17.1. The highest BCUT2D eigenvalue weighted by atomic mass is 19.1. The second-order valence-electron chi connectivity index (χ2n) is 9.69. The minimum atomic E-state index is -1.05. The lowest BCUT2D eigenvalue weighted by molar-refractivity contribution is -0.124. The molecule has 1 aliphatic heterocycles. The lowest BCUT2D eigenvalue weighted by Crippen LogP contribution is -2.52. The molecule has 36 heavy (non-hydrogen) atoms. The van der Waals surface area contributed by atoms with Crippen molar-refractivity contribution in [1.29, 1.82) is 0 Å². The van der Waals surface area contributed by atoms with Gasteiger partial charge in [0, 0.05) is 11.8 Å². The van der Waals surface area contributed by atoms with E-state index in [0.29, 0.717) is 17.1 Å². The monoisotopic (exact) mass is 485 g/mol. The average Bonchev–Trinajstić information content (AvgIpc) is 2.84. The Labute approximate surface area is 209 Å². The Bertz CT molecular complexity index is 1310. The molecule has 0 spiro atoms. The maximum absolute atomic E-state index is 13.4. The molecule has 0 aliphatic carbocycles. The zero-order valence-corrected chi connectivity index (χ0v) is 20.4. The van der Waals surface area contributed by atoms with Gasteiger partial charge in [0.2, 0.25) is 11.8 Å². The first kappa shape index (κ1) is 24.9. The Morgan fingerprint density at radius 3 is 2.33 bits per heavy atom. The summed E-state index contributed by atoms with van der Waals surface area (Å²) >= 11 is 0. The van der Waals surface area contributed by atoms with Crippen LogP contribution >= 0.6 is 0 Å². The fraction of sp³-hybridized carbons (Fsp3) is 0.207. The van der Waals surface area contributed by atoms with Crippen molar-refractivity contribution < 1.29 is 18.8 Å². The molecule has 1 heterocycles. The van der Waals surface area contributed by atoms with Gasteiger partial charge in [-0.05, 0) is 59.0 Å². The van der Waals surface area contributed by atoms with Crippen molar-refractivity contribution in [3.63, 3.8) is 0 Å². The second-order valence-corrected chi connectivity index (χ2v) is 9.69. The van der Waals surface area contributed by atoms with E-state index < -0.39 is 29.6 Å². The highest BCUT2D eigenvalue weighted by molar-refractivity contribution is 6.16. The number of hydrogen-bond donors (Lipinski definition) is 2. The van der Waals surface area contributed by atoms with Gasteiger partial charge in [-0.2, -0.15) is 0 Å². The van der Waals surface area contributed by atoms with Gasteiger partial charge in [-0.3, -0.25) is 19.3 Å². The number of nitrogens with one attached hydrogen (secondary N) is 2. The molecule has 0 aromatic heterocycles. The number of anilines is 3. The van der Waals surface area contributed by atoms with Gasteiger partial charge in [-0.15, -0.1) is 0 Å². The van der Waals surface area contributed by atoms with E-state index in [1.165, 1.54) is 40.8 Å². The molecule has 3 aromatic carbocycles. The molecule has 0 bridgehead atoms. The molecule has 1 aliphatic rings. The van der Waals surface area contributed by atoms with Gasteiger partial charge in [0.15, 0.2) is 0 Å². The first-order valence-electron chi connectivity index (χ1n) is 11.7. The van der Waals surface area contributed by atoms with E-state index in [0.717, 1.165) is 5.56 Å². The predicted octanol–water partition coefficient (Wildman–Crippen LogP) is 5.52. The molecule has 1 atom stereocenters. The molecule has 4 rings (SSSR count). The summed E-state index contributed by atoms with van der Waals surface area (Å²) in [6.45, 7) is 6.39. The number of carbonyl (C=O) groups is 3. The van der Waals surface area contributed by atoms with Crippen LogP contribution in [0.15, 0.2) is 78.9 Å². The molecule has 2 N–H and O–H groups in total. The van der Waals surface area contributed by atoms with Crippen LogP contribution in [0, 0.1) is 5.82 Å². The quantitative estimate of drug-likeness (QED) is 0.467. The molecule has 3 amide bonds. The maximum atomic E-state index is 13.4. The predicted molar refractivity (Wildman–Crippen MR) is 140 cm³/mol. The van der Waals surface area contributed by atoms with E-state index >= 15 is 0 Å². The summed E-state index contributed by atoms with van der Waals surface area (Å²) in [6, 6.07) is 19.1. The van der Waals surface area contributed by atoms with E-state index in [-0.39, 0.29) is 11.8 Å². The number of benzene rings is 3. The molecular weight excluding hydrogens is 457 g/mol. The number of rotatable bonds is 5. The summed E-state index contributed by atoms with van der Waals surface area (Å²) in [6.07, 6.45) is 2.84. The standard InChI is InChI=1S/C29H28FN3O3/c1-29(2,3)20-11-8-19(9-12-20)10-17-27(35)33-24-7-5-4-6-23(24)32-28(36)25(33)18-26(34)31-22-15-13-21(30)14-16-22/h4-17,25H,18H2,1-3H3,(H,31,34)(H,32,36)/b17-10+. The SMILES string of the molecule is CC(C)(C)c1ccc(/C=C/C(=O)N2c3ccccc3NC(=O)C2CC(=O)Nc2ccc(F)cc2)cc1. The van der Waals surface area contributed by atoms with E-state index in [1.807, 2.05) is 24.3 Å². The van der Waals surface area contributed by atoms with Gasteiger partial charge in [0.1, 0.15) is 11.9 Å². The van der Waals surface area contributed by atoms with Crippen LogP contribution in [0.2, 0.25) is 0 Å². The van der Waals surface area contributed by atoms with Crippen LogP contribution < -0.4 is 15.5 Å². The molecule has 7 heteroatoms. The van der Waals surface area contributed by atoms with Crippen molar-refractivity contribution in [2.45, 2.75) is 38.6 Å². The fourth-order valence-corrected chi connectivity index (χ4v) is 4.01. The number of nitrogens with zero attached hydrogens (tertiary/aromatic N) is 1. The van der Waals surface area contributed by atoms with Crippen molar-refractivity contribution in [2.24, 2.45) is 0 Å². The minimum absolute atomic E-state index is 0.0185. The number of fused-ring (bicyclic) bond motifs is 1. The Hall–Kier alpha value is -4.26. The van der Waals surface area contributed by atoms with Crippen molar-refractivity contribution >= 4 is 40.9 Å². The van der Waals surface area contributed by atoms with Crippen LogP contribution in [-0.4, -0.2) is 23.8 Å². The van der Waals surface area contributed by atoms with E-state index in [9.17, 15) is 18.8 Å². The molecule has 184 valence electrons. The maximum Gasteiger partial charge on any atom is 0.251 e. The lowest BCUT2D eigenvalue weighted by Gasteiger charge is -2.35. The summed E-state index contributed by atoms with van der Waals surface area (Å²) in [5, 5.41) is 5.43. The van der Waals surface area contributed by atoms with Gasteiger partial charge in [-0.1, -0.05) is 57.2 Å². The van der Waals surface area contributed by atoms with E-state index in [2.05, 4.69) is 31.4 Å². The van der Waals surface area contributed by atoms with Gasteiger partial charge in [-0.25, -0.2) is 4.39 Å². The molecule has 0 saturated carbocycles. The topological polar surface area (TPSA) is 78.5 Å². The number of amides is 3. The van der Waals surface area contributed by atoms with Gasteiger partial charge in [0.25, 0.3) is 5.91 Å². The van der Waals surface area contributed by atoms with Crippen LogP contribution in [0.5, 0.6) is 0 Å². The highest BCUT2D eigenvalue weighted by Crippen LogP contribution is 2.33. The van der Waals surface area contributed by atoms with Crippen LogP contribution in [0.25, 0.3) is 6.08 Å². The summed E-state index contributed by atoms with van der Waals surface area (Å²) < 4.78 is 13.2. The number of para-hydroxylation sites is 2. The molecule has 0 fully saturated rings. The molecule has 3 aromatic rings. The molecule has 1 unspecified atom stereocenters. The Morgan fingerprint density at radius 2 is 1.67 bits per heavy atom. The third-order valence-electron chi connectivity index (χ3n) is 5.98. The van der Waals surface area contributed by atoms with Crippen molar-refractivity contribution in [1.82, 2.24) is 0 Å². The van der Waals surface area contributed by atoms with Crippen LogP contribution in [-0.2, 0) is 19.8 Å². The highest BCUT2D eigenvalue weighted by Gasteiger charge is 2.37. The van der Waals surface area contributed by atoms with Crippen molar-refractivity contribution in [3.8, 4) is 0 Å². The van der Waals surface area contributed by atoms with E-state index in [1.54, 1.807) is 30.3 Å². The summed E-state index contributed by atoms with van der Waals surface area (Å²) in [7, 11) is 0. The van der Waals surface area contributed by atoms with Crippen molar-refractivity contribution in [3.05, 3.63) is 95.8 Å². The number of halogens is 1. The lowest BCUT2D eigenvalue weighted by atomic mass is 9.87. The van der Waals surface area contributed by atoms with Gasteiger partial charge in [0.05, 0.1) is 17.8 Å². The Kier molecular flexibility index (Phi) is 7.01. The molecular formula is C29H28FN3O3. The average molecular weight is 486 g/mol.